The van der Waals surface area contributed by atoms with Gasteiger partial charge in [-0.05, 0) is 41.3 Å². The van der Waals surface area contributed by atoms with Crippen LogP contribution in [0.3, 0.4) is 0 Å². The van der Waals surface area contributed by atoms with Gasteiger partial charge in [-0.15, -0.1) is 0 Å². The first-order chi connectivity index (χ1) is 9.63. The zero-order valence-electron chi connectivity index (χ0n) is 11.1. The van der Waals surface area contributed by atoms with E-state index in [1.54, 1.807) is 0 Å². The molecule has 3 rings (SSSR count). The molecule has 3 nitrogen and oxygen atoms in total. The van der Waals surface area contributed by atoms with E-state index in [9.17, 15) is 9.59 Å². The molecule has 0 spiro atoms. The molecule has 0 fully saturated rings. The standard InChI is InChI=1S/C17H14NO2/c1-11(19)8-17(20)18-14-6-7-16-13(10-14)9-12-4-2-3-5-15(12)16/h2-7,9-10H,8H2,1H3,(H,18,20). The van der Waals surface area contributed by atoms with Gasteiger partial charge in [-0.2, -0.15) is 0 Å². The SMILES string of the molecule is CC(=O)CC(=O)Nc1ccc2c(c1)[CH]c1ccccc1-2. The van der Waals surface area contributed by atoms with Crippen molar-refractivity contribution in [3.05, 3.63) is 60.0 Å². The number of amides is 1. The minimum atomic E-state index is -0.270. The van der Waals surface area contributed by atoms with Crippen LogP contribution in [0.5, 0.6) is 0 Å². The summed E-state index contributed by atoms with van der Waals surface area (Å²) in [5.74, 6) is -0.407. The second kappa shape index (κ2) is 4.93. The minimum absolute atomic E-state index is 0.0823. The fourth-order valence-corrected chi connectivity index (χ4v) is 2.47. The molecule has 20 heavy (non-hydrogen) atoms. The Morgan fingerprint density at radius 1 is 1.00 bits per heavy atom. The number of hydrogen-bond acceptors (Lipinski definition) is 2. The van der Waals surface area contributed by atoms with Gasteiger partial charge in [-0.3, -0.25) is 9.59 Å². The zero-order valence-corrected chi connectivity index (χ0v) is 11.1. The van der Waals surface area contributed by atoms with Gasteiger partial charge in [0.1, 0.15) is 5.78 Å². The highest BCUT2D eigenvalue weighted by Crippen LogP contribution is 2.38. The zero-order chi connectivity index (χ0) is 14.1. The summed E-state index contributed by atoms with van der Waals surface area (Å²) in [7, 11) is 0. The lowest BCUT2D eigenvalue weighted by atomic mass is 10.1. The van der Waals surface area contributed by atoms with Crippen molar-refractivity contribution in [1.29, 1.82) is 0 Å². The van der Waals surface area contributed by atoms with Crippen LogP contribution in [0, 0.1) is 6.42 Å². The van der Waals surface area contributed by atoms with Gasteiger partial charge < -0.3 is 5.32 Å². The van der Waals surface area contributed by atoms with Crippen molar-refractivity contribution in [2.45, 2.75) is 13.3 Å². The van der Waals surface area contributed by atoms with Crippen LogP contribution in [0.15, 0.2) is 42.5 Å². The number of nitrogens with one attached hydrogen (secondary N) is 1. The molecule has 0 unspecified atom stereocenters. The first kappa shape index (κ1) is 12.6. The summed E-state index contributed by atoms with van der Waals surface area (Å²) in [6.07, 6.45) is 2.02. The highest BCUT2D eigenvalue weighted by atomic mass is 16.2. The van der Waals surface area contributed by atoms with Gasteiger partial charge in [0.05, 0.1) is 6.42 Å². The molecular formula is C17H14NO2. The molecule has 1 N–H and O–H groups in total. The molecule has 1 radical (unpaired) electrons. The Morgan fingerprint density at radius 3 is 2.55 bits per heavy atom. The fourth-order valence-electron chi connectivity index (χ4n) is 2.47. The van der Waals surface area contributed by atoms with Crippen molar-refractivity contribution < 1.29 is 9.59 Å². The Kier molecular flexibility index (Phi) is 3.11. The summed E-state index contributed by atoms with van der Waals surface area (Å²) in [6.45, 7) is 1.41. The molecule has 0 aliphatic heterocycles. The van der Waals surface area contributed by atoms with Crippen LogP contribution in [-0.4, -0.2) is 11.7 Å². The minimum Gasteiger partial charge on any atom is -0.326 e. The van der Waals surface area contributed by atoms with Gasteiger partial charge in [0.2, 0.25) is 5.91 Å². The summed E-state index contributed by atoms with van der Waals surface area (Å²) in [4.78, 5) is 22.5. The summed E-state index contributed by atoms with van der Waals surface area (Å²) in [5, 5.41) is 2.75. The topological polar surface area (TPSA) is 46.2 Å². The quantitative estimate of drug-likeness (QED) is 0.738. The third-order valence-electron chi connectivity index (χ3n) is 3.31. The maximum absolute atomic E-state index is 11.6. The molecule has 0 saturated heterocycles. The molecule has 0 heterocycles. The van der Waals surface area contributed by atoms with Gasteiger partial charge in [0.25, 0.3) is 0 Å². The first-order valence-corrected chi connectivity index (χ1v) is 6.51. The van der Waals surface area contributed by atoms with Crippen molar-refractivity contribution >= 4 is 17.4 Å². The fraction of sp³-hybridized carbons (Fsp3) is 0.118. The summed E-state index contributed by atoms with van der Waals surface area (Å²) >= 11 is 0. The van der Waals surface area contributed by atoms with Gasteiger partial charge in [0.15, 0.2) is 0 Å². The van der Waals surface area contributed by atoms with E-state index in [1.807, 2.05) is 30.3 Å². The van der Waals surface area contributed by atoms with Gasteiger partial charge >= 0.3 is 0 Å². The predicted octanol–water partition coefficient (Wildman–Crippen LogP) is 3.19. The molecule has 0 aromatic heterocycles. The molecule has 1 amide bonds. The normalized spacial score (nSPS) is 11.7. The molecule has 0 saturated carbocycles. The molecule has 99 valence electrons. The molecule has 1 aliphatic rings. The lowest BCUT2D eigenvalue weighted by molar-refractivity contribution is -0.124. The highest BCUT2D eigenvalue weighted by molar-refractivity contribution is 6.03. The number of Topliss-reactive ketones (excluding diaryl/α,β-unsaturated/α-hetero) is 1. The third-order valence-corrected chi connectivity index (χ3v) is 3.31. The van der Waals surface area contributed by atoms with E-state index in [4.69, 9.17) is 0 Å². The Bertz CT molecular complexity index is 704. The van der Waals surface area contributed by atoms with Crippen LogP contribution in [0.25, 0.3) is 11.1 Å². The second-order valence-corrected chi connectivity index (χ2v) is 4.96. The maximum atomic E-state index is 11.6. The van der Waals surface area contributed by atoms with Crippen molar-refractivity contribution in [1.82, 2.24) is 0 Å². The van der Waals surface area contributed by atoms with Crippen LogP contribution in [-0.2, 0) is 9.59 Å². The van der Waals surface area contributed by atoms with Crippen LogP contribution >= 0.6 is 0 Å². The predicted molar refractivity (Wildman–Crippen MR) is 78.3 cm³/mol. The summed E-state index contributed by atoms with van der Waals surface area (Å²) < 4.78 is 0. The van der Waals surface area contributed by atoms with E-state index in [1.165, 1.54) is 23.6 Å². The lowest BCUT2D eigenvalue weighted by Crippen LogP contribution is -2.14. The Hall–Kier alpha value is -2.42. The van der Waals surface area contributed by atoms with Gasteiger partial charge in [0, 0.05) is 12.1 Å². The Labute approximate surface area is 117 Å². The Morgan fingerprint density at radius 2 is 1.75 bits per heavy atom. The van der Waals surface area contributed by atoms with Crippen molar-refractivity contribution in [3.8, 4) is 11.1 Å². The molecule has 2 aromatic carbocycles. The van der Waals surface area contributed by atoms with E-state index >= 15 is 0 Å². The van der Waals surface area contributed by atoms with E-state index in [2.05, 4.69) is 23.9 Å². The van der Waals surface area contributed by atoms with Crippen molar-refractivity contribution in [2.75, 3.05) is 5.32 Å². The van der Waals surface area contributed by atoms with Crippen LogP contribution in [0.4, 0.5) is 5.69 Å². The van der Waals surface area contributed by atoms with Gasteiger partial charge in [-0.25, -0.2) is 0 Å². The largest absolute Gasteiger partial charge is 0.326 e. The summed E-state index contributed by atoms with van der Waals surface area (Å²) in [5.41, 5.74) is 5.38. The number of hydrogen-bond donors (Lipinski definition) is 1. The van der Waals surface area contributed by atoms with E-state index < -0.39 is 0 Å². The third kappa shape index (κ3) is 2.35. The number of anilines is 1. The number of carbonyl (C=O) groups excluding carboxylic acids is 2. The average molecular weight is 264 g/mol. The molecule has 2 aromatic rings. The smallest absolute Gasteiger partial charge is 0.231 e. The molecule has 3 heteroatoms. The van der Waals surface area contributed by atoms with Crippen LogP contribution < -0.4 is 5.32 Å². The highest BCUT2D eigenvalue weighted by Gasteiger charge is 2.18. The lowest BCUT2D eigenvalue weighted by Gasteiger charge is -2.06. The molecule has 1 aliphatic carbocycles. The van der Waals surface area contributed by atoms with Gasteiger partial charge in [-0.1, -0.05) is 30.3 Å². The number of benzene rings is 2. The van der Waals surface area contributed by atoms with Crippen LogP contribution in [0.2, 0.25) is 0 Å². The number of rotatable bonds is 3. The van der Waals surface area contributed by atoms with E-state index in [0.717, 1.165) is 11.3 Å². The van der Waals surface area contributed by atoms with Crippen molar-refractivity contribution in [2.24, 2.45) is 0 Å². The average Bonchev–Trinajstić information content (AvgIpc) is 2.75. The first-order valence-electron chi connectivity index (χ1n) is 6.51. The van der Waals surface area contributed by atoms with E-state index in [-0.39, 0.29) is 18.1 Å². The number of carbonyl (C=O) groups is 2. The Balaban J connectivity index is 1.84. The molecule has 0 bridgehead atoms. The number of ketones is 1. The monoisotopic (exact) mass is 264 g/mol. The second-order valence-electron chi connectivity index (χ2n) is 4.96. The molecular weight excluding hydrogens is 250 g/mol. The molecule has 0 atom stereocenters. The maximum Gasteiger partial charge on any atom is 0.231 e. The van der Waals surface area contributed by atoms with E-state index in [0.29, 0.717) is 0 Å². The van der Waals surface area contributed by atoms with Crippen molar-refractivity contribution in [3.63, 3.8) is 0 Å². The number of fused-ring (bicyclic) bond motifs is 3. The van der Waals surface area contributed by atoms with Crippen LogP contribution in [0.1, 0.15) is 24.5 Å². The summed E-state index contributed by atoms with van der Waals surface area (Å²) in [6, 6.07) is 14.0.